The van der Waals surface area contributed by atoms with Gasteiger partial charge < -0.3 is 0 Å². The lowest BCUT2D eigenvalue weighted by Crippen LogP contribution is -2.32. The van der Waals surface area contributed by atoms with E-state index in [4.69, 9.17) is 11.6 Å². The molecule has 4 atom stereocenters. The largest absolute Gasteiger partial charge is 0.278 e. The van der Waals surface area contributed by atoms with Crippen LogP contribution >= 0.6 is 11.6 Å². The lowest BCUT2D eigenvalue weighted by atomic mass is 9.81. The molecule has 0 radical (unpaired) electrons. The molecule has 3 aliphatic rings. The molecule has 0 aromatic heterocycles. The van der Waals surface area contributed by atoms with E-state index in [1.165, 1.54) is 4.90 Å². The van der Waals surface area contributed by atoms with E-state index < -0.39 is 0 Å². The number of halogens is 1. The number of carbonyl (C=O) groups is 2. The zero-order valence-corrected chi connectivity index (χ0v) is 11.8. The lowest BCUT2D eigenvalue weighted by Gasteiger charge is -2.19. The Hall–Kier alpha value is -1.35. The number of imide groups is 1. The number of fused-ring (bicyclic) bond motifs is 5. The van der Waals surface area contributed by atoms with Gasteiger partial charge in [0.1, 0.15) is 0 Å². The van der Waals surface area contributed by atoms with Crippen LogP contribution in [0.25, 0.3) is 0 Å². The van der Waals surface area contributed by atoms with Crippen LogP contribution in [-0.2, 0) is 16.1 Å². The number of rotatable bonds is 2. The van der Waals surface area contributed by atoms with Crippen molar-refractivity contribution < 1.29 is 9.59 Å². The van der Waals surface area contributed by atoms with Gasteiger partial charge in [-0.3, -0.25) is 14.5 Å². The second-order valence-corrected chi connectivity index (χ2v) is 6.65. The first-order valence-corrected chi connectivity index (χ1v) is 7.63. The van der Waals surface area contributed by atoms with Crippen molar-refractivity contribution in [2.24, 2.45) is 23.7 Å². The average molecular weight is 290 g/mol. The highest BCUT2D eigenvalue weighted by atomic mass is 35.5. The monoisotopic (exact) mass is 289 g/mol. The third-order valence-corrected chi connectivity index (χ3v) is 5.67. The summed E-state index contributed by atoms with van der Waals surface area (Å²) in [6, 6.07) is 7.42. The van der Waals surface area contributed by atoms with E-state index in [9.17, 15) is 9.59 Å². The Kier molecular flexibility index (Phi) is 2.68. The molecule has 1 aliphatic heterocycles. The molecule has 0 N–H and O–H groups in total. The van der Waals surface area contributed by atoms with Crippen LogP contribution in [0, 0.1) is 23.7 Å². The number of amides is 2. The van der Waals surface area contributed by atoms with Gasteiger partial charge in [-0.05, 0) is 42.7 Å². The fourth-order valence-electron chi connectivity index (χ4n) is 4.42. The average Bonchev–Trinajstić information content (AvgIpc) is 3.10. The number of carbonyl (C=O) groups excluding carboxylic acids is 2. The molecule has 1 saturated heterocycles. The second kappa shape index (κ2) is 4.32. The summed E-state index contributed by atoms with van der Waals surface area (Å²) < 4.78 is 0. The minimum atomic E-state index is -0.0382. The summed E-state index contributed by atoms with van der Waals surface area (Å²) in [7, 11) is 0. The molecule has 104 valence electrons. The van der Waals surface area contributed by atoms with E-state index in [-0.39, 0.29) is 23.7 Å². The van der Waals surface area contributed by atoms with Crippen molar-refractivity contribution in [2.45, 2.75) is 25.8 Å². The standard InChI is InChI=1S/C16H16ClNO2/c17-12-4-2-1-3-11(12)8-18-15(19)13-9-5-6-10(7-9)14(13)16(18)20/h1-4,9-10,13-14H,5-8H2/t9-,10-,13+,14+/m0/s1. The van der Waals surface area contributed by atoms with Crippen molar-refractivity contribution in [3.8, 4) is 0 Å². The lowest BCUT2D eigenvalue weighted by molar-refractivity contribution is -0.141. The van der Waals surface area contributed by atoms with Gasteiger partial charge in [0.15, 0.2) is 0 Å². The van der Waals surface area contributed by atoms with Gasteiger partial charge in [0.25, 0.3) is 0 Å². The van der Waals surface area contributed by atoms with Gasteiger partial charge in [-0.2, -0.15) is 0 Å². The fourth-order valence-corrected chi connectivity index (χ4v) is 4.62. The zero-order chi connectivity index (χ0) is 13.9. The predicted molar refractivity (Wildman–Crippen MR) is 74.8 cm³/mol. The molecule has 2 bridgehead atoms. The molecule has 2 saturated carbocycles. The van der Waals surface area contributed by atoms with Crippen LogP contribution in [0.4, 0.5) is 0 Å². The van der Waals surface area contributed by atoms with Crippen molar-refractivity contribution >= 4 is 23.4 Å². The number of benzene rings is 1. The first kappa shape index (κ1) is 12.4. The number of nitrogens with zero attached hydrogens (tertiary/aromatic N) is 1. The van der Waals surface area contributed by atoms with E-state index >= 15 is 0 Å². The Morgan fingerprint density at radius 3 is 2.25 bits per heavy atom. The Morgan fingerprint density at radius 2 is 1.65 bits per heavy atom. The normalized spacial score (nSPS) is 35.0. The second-order valence-electron chi connectivity index (χ2n) is 6.24. The molecule has 20 heavy (non-hydrogen) atoms. The van der Waals surface area contributed by atoms with Gasteiger partial charge in [-0.1, -0.05) is 29.8 Å². The molecule has 3 fully saturated rings. The maximum atomic E-state index is 12.6. The van der Waals surface area contributed by atoms with Crippen LogP contribution in [0.15, 0.2) is 24.3 Å². The molecule has 2 amide bonds. The summed E-state index contributed by atoms with van der Waals surface area (Å²) in [6.45, 7) is 0.323. The van der Waals surface area contributed by atoms with E-state index in [0.29, 0.717) is 23.4 Å². The summed E-state index contributed by atoms with van der Waals surface area (Å²) in [4.78, 5) is 26.6. The van der Waals surface area contributed by atoms with Crippen LogP contribution in [0.3, 0.4) is 0 Å². The summed E-state index contributed by atoms with van der Waals surface area (Å²) in [5.74, 6) is 0.877. The molecule has 4 heteroatoms. The van der Waals surface area contributed by atoms with Crippen molar-refractivity contribution in [2.75, 3.05) is 0 Å². The fraction of sp³-hybridized carbons (Fsp3) is 0.500. The summed E-state index contributed by atoms with van der Waals surface area (Å²) >= 11 is 6.14. The van der Waals surface area contributed by atoms with E-state index in [0.717, 1.165) is 24.8 Å². The SMILES string of the molecule is O=C1[C@@H]2[C@H]3CC[C@@H](C3)[C@H]2C(=O)N1Cc1ccccc1Cl. The highest BCUT2D eigenvalue weighted by Crippen LogP contribution is 2.56. The molecular weight excluding hydrogens is 274 g/mol. The van der Waals surface area contributed by atoms with Crippen LogP contribution in [0.2, 0.25) is 5.02 Å². The predicted octanol–water partition coefficient (Wildman–Crippen LogP) is 2.87. The van der Waals surface area contributed by atoms with E-state index in [1.54, 1.807) is 6.07 Å². The molecular formula is C16H16ClNO2. The Morgan fingerprint density at radius 1 is 1.05 bits per heavy atom. The maximum absolute atomic E-state index is 12.6. The molecule has 0 spiro atoms. The number of hydrogen-bond acceptors (Lipinski definition) is 2. The van der Waals surface area contributed by atoms with Gasteiger partial charge in [-0.15, -0.1) is 0 Å². The van der Waals surface area contributed by atoms with E-state index in [1.807, 2.05) is 18.2 Å². The zero-order valence-electron chi connectivity index (χ0n) is 11.1. The van der Waals surface area contributed by atoms with Gasteiger partial charge in [0, 0.05) is 5.02 Å². The van der Waals surface area contributed by atoms with Gasteiger partial charge >= 0.3 is 0 Å². The van der Waals surface area contributed by atoms with Crippen LogP contribution < -0.4 is 0 Å². The number of hydrogen-bond donors (Lipinski definition) is 0. The summed E-state index contributed by atoms with van der Waals surface area (Å²) in [5.41, 5.74) is 0.850. The highest BCUT2D eigenvalue weighted by Gasteiger charge is 2.60. The smallest absolute Gasteiger partial charge is 0.233 e. The molecule has 1 aromatic rings. The third kappa shape index (κ3) is 1.59. The highest BCUT2D eigenvalue weighted by molar-refractivity contribution is 6.31. The Balaban J connectivity index is 1.63. The molecule has 2 aliphatic carbocycles. The summed E-state index contributed by atoms with van der Waals surface area (Å²) in [5, 5.41) is 0.619. The molecule has 4 rings (SSSR count). The minimum absolute atomic E-state index is 0.0344. The first-order valence-electron chi connectivity index (χ1n) is 7.25. The van der Waals surface area contributed by atoms with Crippen LogP contribution in [0.1, 0.15) is 24.8 Å². The molecule has 1 aromatic carbocycles. The van der Waals surface area contributed by atoms with E-state index in [2.05, 4.69) is 0 Å². The van der Waals surface area contributed by atoms with Crippen molar-refractivity contribution in [3.05, 3.63) is 34.9 Å². The molecule has 0 unspecified atom stereocenters. The van der Waals surface area contributed by atoms with Crippen LogP contribution in [0.5, 0.6) is 0 Å². The maximum Gasteiger partial charge on any atom is 0.233 e. The van der Waals surface area contributed by atoms with Gasteiger partial charge in [-0.25, -0.2) is 0 Å². The minimum Gasteiger partial charge on any atom is -0.278 e. The Labute approximate surface area is 122 Å². The van der Waals surface area contributed by atoms with Gasteiger partial charge in [0.05, 0.1) is 18.4 Å². The quantitative estimate of drug-likeness (QED) is 0.785. The third-order valence-electron chi connectivity index (χ3n) is 5.31. The van der Waals surface area contributed by atoms with Gasteiger partial charge in [0.2, 0.25) is 11.8 Å². The van der Waals surface area contributed by atoms with Crippen LogP contribution in [-0.4, -0.2) is 16.7 Å². The summed E-state index contributed by atoms with van der Waals surface area (Å²) in [6.07, 6.45) is 3.31. The Bertz CT molecular complexity index is 572. The van der Waals surface area contributed by atoms with Crippen molar-refractivity contribution in [3.63, 3.8) is 0 Å². The van der Waals surface area contributed by atoms with Crippen molar-refractivity contribution in [1.82, 2.24) is 4.90 Å². The molecule has 1 heterocycles. The van der Waals surface area contributed by atoms with Crippen molar-refractivity contribution in [1.29, 1.82) is 0 Å². The topological polar surface area (TPSA) is 37.4 Å². The first-order chi connectivity index (χ1) is 9.66. The number of likely N-dealkylation sites (tertiary alicyclic amines) is 1. The molecule has 3 nitrogen and oxygen atoms in total.